The van der Waals surface area contributed by atoms with Crippen molar-refractivity contribution in [2.75, 3.05) is 0 Å². The molecule has 1 N–H and O–H groups in total. The number of carbonyl (C=O) groups is 1. The Bertz CT molecular complexity index is 890. The zero-order valence-electron chi connectivity index (χ0n) is 14.8. The number of halogens is 1. The summed E-state index contributed by atoms with van der Waals surface area (Å²) in [7, 11) is 0. The summed E-state index contributed by atoms with van der Waals surface area (Å²) >= 11 is 0. The molecule has 26 heavy (non-hydrogen) atoms. The van der Waals surface area contributed by atoms with Gasteiger partial charge in [-0.15, -0.1) is 0 Å². The van der Waals surface area contributed by atoms with Crippen LogP contribution in [0.15, 0.2) is 59.1 Å². The van der Waals surface area contributed by atoms with Crippen molar-refractivity contribution in [2.24, 2.45) is 0 Å². The standard InChI is InChI=1S/C21H21FN2O2/c1-14(12-13-16-8-4-3-5-9-16)23-21(25)19-15(2)26-24-20(19)17-10-6-7-11-18(17)22/h3-11,14H,12-13H2,1-2H3,(H,23,25). The molecule has 0 bridgehead atoms. The van der Waals surface area contributed by atoms with E-state index in [0.717, 1.165) is 12.8 Å². The van der Waals surface area contributed by atoms with Crippen molar-refractivity contribution >= 4 is 5.91 Å². The third-order valence-corrected chi connectivity index (χ3v) is 4.31. The van der Waals surface area contributed by atoms with Crippen LogP contribution in [0.2, 0.25) is 0 Å². The van der Waals surface area contributed by atoms with Gasteiger partial charge in [0.25, 0.3) is 5.91 Å². The van der Waals surface area contributed by atoms with Gasteiger partial charge in [0.2, 0.25) is 0 Å². The summed E-state index contributed by atoms with van der Waals surface area (Å²) in [5.41, 5.74) is 1.99. The lowest BCUT2D eigenvalue weighted by atomic mass is 10.0. The average molecular weight is 352 g/mol. The quantitative estimate of drug-likeness (QED) is 0.708. The van der Waals surface area contributed by atoms with Crippen molar-refractivity contribution in [1.29, 1.82) is 0 Å². The van der Waals surface area contributed by atoms with Gasteiger partial charge in [-0.3, -0.25) is 4.79 Å². The van der Waals surface area contributed by atoms with E-state index in [2.05, 4.69) is 22.6 Å². The Morgan fingerprint density at radius 3 is 2.58 bits per heavy atom. The molecule has 5 heteroatoms. The number of aromatic nitrogens is 1. The van der Waals surface area contributed by atoms with Crippen molar-refractivity contribution in [3.05, 3.63) is 77.3 Å². The maximum atomic E-state index is 14.1. The lowest BCUT2D eigenvalue weighted by Crippen LogP contribution is -2.33. The summed E-state index contributed by atoms with van der Waals surface area (Å²) in [6.45, 7) is 3.60. The number of hydrogen-bond acceptors (Lipinski definition) is 3. The fraction of sp³-hybridized carbons (Fsp3) is 0.238. The van der Waals surface area contributed by atoms with Gasteiger partial charge in [-0.1, -0.05) is 47.6 Å². The van der Waals surface area contributed by atoms with E-state index in [1.807, 2.05) is 25.1 Å². The zero-order chi connectivity index (χ0) is 18.5. The van der Waals surface area contributed by atoms with E-state index in [9.17, 15) is 9.18 Å². The van der Waals surface area contributed by atoms with E-state index in [0.29, 0.717) is 5.76 Å². The minimum atomic E-state index is -0.438. The van der Waals surface area contributed by atoms with Crippen molar-refractivity contribution in [2.45, 2.75) is 32.7 Å². The molecule has 1 heterocycles. The Morgan fingerprint density at radius 2 is 1.85 bits per heavy atom. The van der Waals surface area contributed by atoms with E-state index in [4.69, 9.17) is 4.52 Å². The van der Waals surface area contributed by atoms with Gasteiger partial charge in [0, 0.05) is 11.6 Å². The smallest absolute Gasteiger partial charge is 0.257 e. The van der Waals surface area contributed by atoms with Crippen LogP contribution in [-0.4, -0.2) is 17.1 Å². The highest BCUT2D eigenvalue weighted by atomic mass is 19.1. The van der Waals surface area contributed by atoms with Crippen LogP contribution in [0, 0.1) is 12.7 Å². The van der Waals surface area contributed by atoms with Gasteiger partial charge in [-0.2, -0.15) is 0 Å². The Labute approximate surface area is 152 Å². The highest BCUT2D eigenvalue weighted by Gasteiger charge is 2.24. The fourth-order valence-electron chi connectivity index (χ4n) is 2.87. The predicted octanol–water partition coefficient (Wildman–Crippen LogP) is 4.54. The number of nitrogens with one attached hydrogen (secondary N) is 1. The fourth-order valence-corrected chi connectivity index (χ4v) is 2.87. The molecular formula is C21H21FN2O2. The van der Waals surface area contributed by atoms with E-state index in [-0.39, 0.29) is 28.8 Å². The Hall–Kier alpha value is -2.95. The van der Waals surface area contributed by atoms with Crippen LogP contribution < -0.4 is 5.32 Å². The summed E-state index contributed by atoms with van der Waals surface area (Å²) in [5, 5.41) is 6.85. The van der Waals surface area contributed by atoms with E-state index in [1.165, 1.54) is 11.6 Å². The van der Waals surface area contributed by atoms with Gasteiger partial charge < -0.3 is 9.84 Å². The van der Waals surface area contributed by atoms with Crippen LogP contribution in [-0.2, 0) is 6.42 Å². The minimum absolute atomic E-state index is 0.0366. The van der Waals surface area contributed by atoms with Crippen molar-refractivity contribution in [1.82, 2.24) is 10.5 Å². The number of nitrogens with zero attached hydrogens (tertiary/aromatic N) is 1. The molecule has 134 valence electrons. The molecule has 0 spiro atoms. The largest absolute Gasteiger partial charge is 0.360 e. The normalized spacial score (nSPS) is 12.0. The number of amides is 1. The van der Waals surface area contributed by atoms with Crippen molar-refractivity contribution < 1.29 is 13.7 Å². The Morgan fingerprint density at radius 1 is 1.15 bits per heavy atom. The van der Waals surface area contributed by atoms with Crippen molar-refractivity contribution in [3.63, 3.8) is 0 Å². The molecular weight excluding hydrogens is 331 g/mol. The highest BCUT2D eigenvalue weighted by Crippen LogP contribution is 2.27. The molecule has 4 nitrogen and oxygen atoms in total. The van der Waals surface area contributed by atoms with Crippen LogP contribution in [0.4, 0.5) is 4.39 Å². The molecule has 0 saturated carbocycles. The zero-order valence-corrected chi connectivity index (χ0v) is 14.8. The topological polar surface area (TPSA) is 55.1 Å². The van der Waals surface area contributed by atoms with Gasteiger partial charge in [-0.25, -0.2) is 4.39 Å². The molecule has 0 radical (unpaired) electrons. The molecule has 1 atom stereocenters. The first-order valence-electron chi connectivity index (χ1n) is 8.62. The first-order chi connectivity index (χ1) is 12.6. The van der Waals surface area contributed by atoms with Gasteiger partial charge in [0.05, 0.1) is 0 Å². The third-order valence-electron chi connectivity index (χ3n) is 4.31. The molecule has 2 aromatic carbocycles. The lowest BCUT2D eigenvalue weighted by molar-refractivity contribution is 0.0937. The number of carbonyl (C=O) groups excluding carboxylic acids is 1. The Kier molecular flexibility index (Phi) is 5.46. The molecule has 3 aromatic rings. The monoisotopic (exact) mass is 352 g/mol. The second-order valence-electron chi connectivity index (χ2n) is 6.34. The molecule has 0 fully saturated rings. The van der Waals surface area contributed by atoms with E-state index < -0.39 is 5.82 Å². The number of rotatable bonds is 6. The molecule has 3 rings (SSSR count). The lowest BCUT2D eigenvalue weighted by Gasteiger charge is -2.14. The third kappa shape index (κ3) is 3.99. The second-order valence-corrected chi connectivity index (χ2v) is 6.34. The number of aryl methyl sites for hydroxylation is 2. The van der Waals surface area contributed by atoms with Crippen LogP contribution in [0.5, 0.6) is 0 Å². The maximum Gasteiger partial charge on any atom is 0.257 e. The molecule has 1 unspecified atom stereocenters. The van der Waals surface area contributed by atoms with Crippen LogP contribution in [0.25, 0.3) is 11.3 Å². The SMILES string of the molecule is Cc1onc(-c2ccccc2F)c1C(=O)NC(C)CCc1ccccc1. The van der Waals surface area contributed by atoms with Gasteiger partial charge in [-0.05, 0) is 44.4 Å². The summed E-state index contributed by atoms with van der Waals surface area (Å²) in [4.78, 5) is 12.7. The van der Waals surface area contributed by atoms with Gasteiger partial charge in [0.15, 0.2) is 0 Å². The molecule has 0 aliphatic carbocycles. The Balaban J connectivity index is 1.72. The highest BCUT2D eigenvalue weighted by molar-refractivity contribution is 6.00. The number of benzene rings is 2. The summed E-state index contributed by atoms with van der Waals surface area (Å²) in [6, 6.07) is 16.3. The van der Waals surface area contributed by atoms with E-state index >= 15 is 0 Å². The van der Waals surface area contributed by atoms with Crippen LogP contribution in [0.1, 0.15) is 35.0 Å². The summed E-state index contributed by atoms with van der Waals surface area (Å²) in [6.07, 6.45) is 1.67. The average Bonchev–Trinajstić information content (AvgIpc) is 3.02. The minimum Gasteiger partial charge on any atom is -0.360 e. The predicted molar refractivity (Wildman–Crippen MR) is 98.3 cm³/mol. The summed E-state index contributed by atoms with van der Waals surface area (Å²) in [5.74, 6) is -0.370. The number of hydrogen-bond donors (Lipinski definition) is 1. The van der Waals surface area contributed by atoms with Gasteiger partial charge in [0.1, 0.15) is 22.8 Å². The van der Waals surface area contributed by atoms with Crippen molar-refractivity contribution in [3.8, 4) is 11.3 Å². The summed E-state index contributed by atoms with van der Waals surface area (Å²) < 4.78 is 19.2. The maximum absolute atomic E-state index is 14.1. The first-order valence-corrected chi connectivity index (χ1v) is 8.62. The first kappa shape index (κ1) is 17.9. The molecule has 0 aliphatic rings. The molecule has 1 aromatic heterocycles. The molecule has 0 aliphatic heterocycles. The van der Waals surface area contributed by atoms with Crippen LogP contribution >= 0.6 is 0 Å². The molecule has 1 amide bonds. The van der Waals surface area contributed by atoms with E-state index in [1.54, 1.807) is 25.1 Å². The van der Waals surface area contributed by atoms with Crippen LogP contribution in [0.3, 0.4) is 0 Å². The second kappa shape index (κ2) is 7.95. The van der Waals surface area contributed by atoms with Gasteiger partial charge >= 0.3 is 0 Å². The molecule has 0 saturated heterocycles.